The van der Waals surface area contributed by atoms with Crippen LogP contribution in [0.2, 0.25) is 0 Å². The van der Waals surface area contributed by atoms with Crippen LogP contribution < -0.4 is 11.3 Å². The van der Waals surface area contributed by atoms with E-state index in [2.05, 4.69) is 20.6 Å². The van der Waals surface area contributed by atoms with Crippen LogP contribution in [0.5, 0.6) is 0 Å². The van der Waals surface area contributed by atoms with E-state index in [4.69, 9.17) is 5.84 Å². The van der Waals surface area contributed by atoms with Gasteiger partial charge in [0.25, 0.3) is 0 Å². The Balaban J connectivity index is 1.96. The minimum absolute atomic E-state index is 0.762. The van der Waals surface area contributed by atoms with Crippen molar-refractivity contribution >= 4 is 40.5 Å². The van der Waals surface area contributed by atoms with Gasteiger partial charge in [0, 0.05) is 11.9 Å². The van der Waals surface area contributed by atoms with E-state index in [0.717, 1.165) is 25.8 Å². The molecule has 90 valence electrons. The largest absolute Gasteiger partial charge is 0.324 e. The van der Waals surface area contributed by atoms with Gasteiger partial charge in [-0.25, -0.2) is 0 Å². The van der Waals surface area contributed by atoms with Crippen LogP contribution in [0.3, 0.4) is 0 Å². The molecule has 0 aliphatic carbocycles. The second-order valence-corrected chi connectivity index (χ2v) is 6.26. The molecule has 0 aliphatic heterocycles. The van der Waals surface area contributed by atoms with Gasteiger partial charge in [-0.05, 0) is 18.4 Å². The molecular weight excluding hydrogens is 274 g/mol. The highest BCUT2D eigenvalue weighted by molar-refractivity contribution is 8.02. The molecule has 0 spiro atoms. The lowest BCUT2D eigenvalue weighted by Gasteiger charge is -2.01. The fraction of sp³-hybridized carbons (Fsp3) is 0.222. The summed E-state index contributed by atoms with van der Waals surface area (Å²) in [5.74, 6) is 6.10. The third kappa shape index (κ3) is 3.56. The predicted octanol–water partition coefficient (Wildman–Crippen LogP) is 2.23. The third-order valence-electron chi connectivity index (χ3n) is 1.89. The number of hydrazine groups is 1. The Bertz CT molecular complexity index is 487. The van der Waals surface area contributed by atoms with Crippen molar-refractivity contribution in [3.63, 3.8) is 0 Å². The molecule has 0 amide bonds. The summed E-state index contributed by atoms with van der Waals surface area (Å²) >= 11 is 4.83. The minimum atomic E-state index is 0.762. The van der Waals surface area contributed by atoms with Crippen molar-refractivity contribution in [2.45, 2.75) is 14.4 Å². The van der Waals surface area contributed by atoms with Gasteiger partial charge in [-0.3, -0.25) is 10.8 Å². The van der Waals surface area contributed by atoms with E-state index in [-0.39, 0.29) is 0 Å². The summed E-state index contributed by atoms with van der Waals surface area (Å²) < 4.78 is 1.94. The van der Waals surface area contributed by atoms with Crippen LogP contribution in [0.4, 0.5) is 5.69 Å². The molecule has 3 N–H and O–H groups in total. The van der Waals surface area contributed by atoms with Crippen LogP contribution >= 0.6 is 34.9 Å². The number of rotatable bonds is 5. The Morgan fingerprint density at radius 2 is 2.24 bits per heavy atom. The summed E-state index contributed by atoms with van der Waals surface area (Å²) in [6, 6.07) is 3.74. The molecule has 0 unspecified atom stereocenters. The van der Waals surface area contributed by atoms with E-state index in [1.807, 2.05) is 18.4 Å². The molecule has 2 rings (SSSR count). The van der Waals surface area contributed by atoms with Crippen molar-refractivity contribution in [1.29, 1.82) is 0 Å². The van der Waals surface area contributed by atoms with Crippen molar-refractivity contribution in [2.24, 2.45) is 5.84 Å². The lowest BCUT2D eigenvalue weighted by molar-refractivity contribution is 0.955. The van der Waals surface area contributed by atoms with Crippen molar-refractivity contribution in [3.8, 4) is 0 Å². The molecule has 0 bridgehead atoms. The van der Waals surface area contributed by atoms with Gasteiger partial charge in [-0.1, -0.05) is 34.9 Å². The van der Waals surface area contributed by atoms with Crippen molar-refractivity contribution in [1.82, 2.24) is 15.2 Å². The highest BCUT2D eigenvalue weighted by Gasteiger charge is 2.05. The van der Waals surface area contributed by atoms with Crippen LogP contribution in [0.1, 0.15) is 5.69 Å². The number of hydrogen-bond acceptors (Lipinski definition) is 8. The summed E-state index contributed by atoms with van der Waals surface area (Å²) in [6.07, 6.45) is 3.73. The van der Waals surface area contributed by atoms with E-state index in [1.165, 1.54) is 0 Å². The second kappa shape index (κ2) is 6.20. The Labute approximate surface area is 112 Å². The van der Waals surface area contributed by atoms with E-state index >= 15 is 0 Å². The monoisotopic (exact) mass is 285 g/mol. The van der Waals surface area contributed by atoms with E-state index < -0.39 is 0 Å². The molecule has 8 heteroatoms. The zero-order chi connectivity index (χ0) is 12.1. The number of aromatic nitrogens is 3. The molecular formula is C9H11N5S3. The molecule has 0 atom stereocenters. The minimum Gasteiger partial charge on any atom is -0.324 e. The maximum Gasteiger partial charge on any atom is 0.175 e. The van der Waals surface area contributed by atoms with Crippen LogP contribution in [-0.4, -0.2) is 21.4 Å². The number of nitrogens with one attached hydrogen (secondary N) is 1. The zero-order valence-electron chi connectivity index (χ0n) is 9.08. The average molecular weight is 285 g/mol. The molecule has 2 aromatic rings. The molecule has 5 nitrogen and oxygen atoms in total. The Morgan fingerprint density at radius 1 is 1.41 bits per heavy atom. The summed E-state index contributed by atoms with van der Waals surface area (Å²) in [6.45, 7) is 0. The number of nitrogens with zero attached hydrogens (tertiary/aromatic N) is 3. The smallest absolute Gasteiger partial charge is 0.175 e. The first-order chi connectivity index (χ1) is 8.31. The molecule has 2 heterocycles. The maximum atomic E-state index is 5.34. The van der Waals surface area contributed by atoms with Gasteiger partial charge in [-0.2, -0.15) is 0 Å². The summed E-state index contributed by atoms with van der Waals surface area (Å²) in [7, 11) is 0. The first-order valence-corrected chi connectivity index (χ1v) is 7.76. The molecule has 0 aromatic carbocycles. The van der Waals surface area contributed by atoms with Gasteiger partial charge >= 0.3 is 0 Å². The number of thioether (sulfide) groups is 2. The SMILES string of the molecule is CSc1nnc(SCc2cc(NN)ccn2)s1. The Kier molecular flexibility index (Phi) is 4.60. The van der Waals surface area contributed by atoms with Crippen molar-refractivity contribution in [3.05, 3.63) is 24.0 Å². The van der Waals surface area contributed by atoms with E-state index in [9.17, 15) is 0 Å². The highest BCUT2D eigenvalue weighted by atomic mass is 32.2. The van der Waals surface area contributed by atoms with Crippen LogP contribution in [-0.2, 0) is 5.75 Å². The molecule has 2 aromatic heterocycles. The Morgan fingerprint density at radius 3 is 2.94 bits per heavy atom. The highest BCUT2D eigenvalue weighted by Crippen LogP contribution is 2.29. The van der Waals surface area contributed by atoms with Gasteiger partial charge in [0.05, 0.1) is 11.4 Å². The molecule has 0 aliphatic rings. The second-order valence-electron chi connectivity index (χ2n) is 3.01. The van der Waals surface area contributed by atoms with Gasteiger partial charge in [-0.15, -0.1) is 10.2 Å². The molecule has 0 saturated heterocycles. The zero-order valence-corrected chi connectivity index (χ0v) is 11.5. The molecule has 0 radical (unpaired) electrons. The molecule has 0 fully saturated rings. The van der Waals surface area contributed by atoms with Crippen molar-refractivity contribution < 1.29 is 0 Å². The lowest BCUT2D eigenvalue weighted by Crippen LogP contribution is -2.07. The fourth-order valence-corrected chi connectivity index (χ4v) is 3.46. The van der Waals surface area contributed by atoms with E-state index in [0.29, 0.717) is 0 Å². The van der Waals surface area contributed by atoms with Gasteiger partial charge in [0.15, 0.2) is 8.68 Å². The topological polar surface area (TPSA) is 76.7 Å². The Hall–Kier alpha value is -0.830. The summed E-state index contributed by atoms with van der Waals surface area (Å²) in [4.78, 5) is 4.26. The quantitative estimate of drug-likeness (QED) is 0.495. The lowest BCUT2D eigenvalue weighted by atomic mass is 10.3. The fourth-order valence-electron chi connectivity index (χ4n) is 1.12. The van der Waals surface area contributed by atoms with E-state index in [1.54, 1.807) is 41.1 Å². The molecule has 0 saturated carbocycles. The van der Waals surface area contributed by atoms with Crippen LogP contribution in [0, 0.1) is 0 Å². The standard InChI is InChI=1S/C9H11N5S3/c1-15-8-13-14-9(17-8)16-5-7-4-6(12-10)2-3-11-7/h2-4H,5,10H2,1H3,(H,11,12). The van der Waals surface area contributed by atoms with Crippen LogP contribution in [0.15, 0.2) is 27.0 Å². The molecule has 17 heavy (non-hydrogen) atoms. The average Bonchev–Trinajstić information content (AvgIpc) is 2.84. The van der Waals surface area contributed by atoms with Crippen LogP contribution in [0.25, 0.3) is 0 Å². The predicted molar refractivity (Wildman–Crippen MR) is 73.3 cm³/mol. The van der Waals surface area contributed by atoms with Crippen molar-refractivity contribution in [2.75, 3.05) is 11.7 Å². The van der Waals surface area contributed by atoms with Gasteiger partial charge in [0.2, 0.25) is 0 Å². The first-order valence-electron chi connectivity index (χ1n) is 4.73. The number of nitrogen functional groups attached to an aromatic ring is 1. The number of hydrogen-bond donors (Lipinski definition) is 2. The van der Waals surface area contributed by atoms with Gasteiger partial charge < -0.3 is 5.43 Å². The normalized spacial score (nSPS) is 10.5. The first kappa shape index (κ1) is 12.6. The number of pyridine rings is 1. The summed E-state index contributed by atoms with van der Waals surface area (Å²) in [5.41, 5.74) is 4.42. The number of anilines is 1. The number of nitrogens with two attached hydrogens (primary N) is 1. The third-order valence-corrected chi connectivity index (χ3v) is 4.95. The summed E-state index contributed by atoms with van der Waals surface area (Å²) in [5, 5.41) is 8.13. The van der Waals surface area contributed by atoms with Gasteiger partial charge in [0.1, 0.15) is 0 Å². The maximum absolute atomic E-state index is 5.34.